The fourth-order valence-corrected chi connectivity index (χ4v) is 4.60. The van der Waals surface area contributed by atoms with Crippen molar-refractivity contribution in [3.8, 4) is 0 Å². The minimum atomic E-state index is -5.08. The highest BCUT2D eigenvalue weighted by Gasteiger charge is 2.49. The van der Waals surface area contributed by atoms with Crippen LogP contribution in [-0.2, 0) is 22.6 Å². The molecule has 158 valence electrons. The van der Waals surface area contributed by atoms with Crippen LogP contribution in [0.4, 0.5) is 13.2 Å². The van der Waals surface area contributed by atoms with Crippen LogP contribution in [0.25, 0.3) is 0 Å². The maximum absolute atomic E-state index is 12.6. The van der Waals surface area contributed by atoms with Crippen molar-refractivity contribution in [1.82, 2.24) is 10.0 Å². The van der Waals surface area contributed by atoms with E-state index < -0.39 is 23.5 Å². The molecule has 0 amide bonds. The van der Waals surface area contributed by atoms with Gasteiger partial charge >= 0.3 is 12.1 Å². The van der Waals surface area contributed by atoms with E-state index >= 15 is 0 Å². The number of alkyl halides is 3. The zero-order valence-corrected chi connectivity index (χ0v) is 17.0. The van der Waals surface area contributed by atoms with Crippen molar-refractivity contribution in [1.29, 1.82) is 0 Å². The predicted octanol–water partition coefficient (Wildman–Crippen LogP) is 3.34. The number of piperidine rings is 1. The molecule has 1 saturated heterocycles. The van der Waals surface area contributed by atoms with E-state index in [4.69, 9.17) is 9.90 Å². The number of rotatable bonds is 2. The van der Waals surface area contributed by atoms with Gasteiger partial charge in [-0.25, -0.2) is 4.79 Å². The summed E-state index contributed by atoms with van der Waals surface area (Å²) in [6, 6.07) is 8.89. The third-order valence-corrected chi connectivity index (χ3v) is 6.71. The third kappa shape index (κ3) is 5.40. The van der Waals surface area contributed by atoms with E-state index in [1.165, 1.54) is 11.1 Å². The second-order valence-electron chi connectivity index (χ2n) is 8.22. The van der Waals surface area contributed by atoms with Crippen molar-refractivity contribution in [2.75, 3.05) is 13.1 Å². The summed E-state index contributed by atoms with van der Waals surface area (Å²) in [5.74, 6) is -2.76. The van der Waals surface area contributed by atoms with Crippen molar-refractivity contribution in [3.63, 3.8) is 0 Å². The molecule has 2 aliphatic rings. The van der Waals surface area contributed by atoms with Crippen LogP contribution in [0.3, 0.4) is 0 Å². The Hall–Kier alpha value is -1.29. The van der Waals surface area contributed by atoms with E-state index in [9.17, 15) is 17.7 Å². The smallest absolute Gasteiger partial charge is 0.490 e. The van der Waals surface area contributed by atoms with Gasteiger partial charge in [0.1, 0.15) is 4.75 Å². The highest BCUT2D eigenvalue weighted by molar-refractivity contribution is 7.90. The van der Waals surface area contributed by atoms with Crippen LogP contribution in [0.2, 0.25) is 0 Å². The molecule has 0 radical (unpaired) electrons. The summed E-state index contributed by atoms with van der Waals surface area (Å²) in [7, 11) is 0. The molecule has 28 heavy (non-hydrogen) atoms. The monoisotopic (exact) mass is 420 g/mol. The molecule has 9 heteroatoms. The molecular formula is C19H27F3N2O3S. The van der Waals surface area contributed by atoms with Crippen molar-refractivity contribution < 1.29 is 27.6 Å². The second-order valence-corrected chi connectivity index (χ2v) is 10.2. The van der Waals surface area contributed by atoms with E-state index in [-0.39, 0.29) is 16.2 Å². The lowest BCUT2D eigenvalue weighted by Gasteiger charge is -2.40. The first-order valence-corrected chi connectivity index (χ1v) is 10.3. The number of hydrogen-bond acceptors (Lipinski definition) is 4. The standard InChI is InChI=1S/C17H26N2OS.C2HF3O2/c1-16(2,3)21(20)19-15-14-7-5-4-6-13(14)12-17(15)8-10-18-11-9-17;3-2(4,5)1(6)7/h4-7,15,18-19H,8-12H2,1-3H3;(H,6,7)/t15-,21+;/m1./s1. The average Bonchev–Trinajstić information content (AvgIpc) is 2.87. The Kier molecular flexibility index (Phi) is 7.07. The number of nitrogens with one attached hydrogen (secondary N) is 2. The molecule has 1 aromatic carbocycles. The lowest BCUT2D eigenvalue weighted by Crippen LogP contribution is -2.48. The van der Waals surface area contributed by atoms with Crippen molar-refractivity contribution in [2.45, 2.75) is 57.0 Å². The summed E-state index contributed by atoms with van der Waals surface area (Å²) in [6.07, 6.45) is -1.66. The van der Waals surface area contributed by atoms with Gasteiger partial charge in [0.2, 0.25) is 0 Å². The molecule has 1 aromatic rings. The fourth-order valence-electron chi connectivity index (χ4n) is 3.65. The molecule has 3 rings (SSSR count). The van der Waals surface area contributed by atoms with Gasteiger partial charge in [-0.1, -0.05) is 24.3 Å². The molecule has 1 aliphatic heterocycles. The average molecular weight is 420 g/mol. The molecule has 1 spiro atoms. The van der Waals surface area contributed by atoms with Crippen LogP contribution in [0.1, 0.15) is 50.8 Å². The number of carboxylic acids is 1. The highest BCUT2D eigenvalue weighted by Crippen LogP contribution is 2.51. The highest BCUT2D eigenvalue weighted by atomic mass is 32.2. The zero-order valence-electron chi connectivity index (χ0n) is 16.2. The van der Waals surface area contributed by atoms with Crippen LogP contribution < -0.4 is 10.0 Å². The van der Waals surface area contributed by atoms with Crippen molar-refractivity contribution >= 4 is 17.3 Å². The Morgan fingerprint density at radius 3 is 2.29 bits per heavy atom. The first-order chi connectivity index (χ1) is 12.9. The molecule has 0 unspecified atom stereocenters. The molecule has 1 aliphatic carbocycles. The molecule has 1 fully saturated rings. The fraction of sp³-hybridized carbons (Fsp3) is 0.632. The number of benzene rings is 1. The maximum atomic E-state index is 12.6. The number of aliphatic carboxylic acids is 1. The number of fused-ring (bicyclic) bond motifs is 1. The third-order valence-electron chi connectivity index (χ3n) is 5.14. The van der Waals surface area contributed by atoms with Gasteiger partial charge < -0.3 is 15.0 Å². The lowest BCUT2D eigenvalue weighted by molar-refractivity contribution is -0.192. The maximum Gasteiger partial charge on any atom is 0.490 e. The Labute approximate surface area is 166 Å². The second kappa shape index (κ2) is 8.61. The summed E-state index contributed by atoms with van der Waals surface area (Å²) in [5, 5.41) is 10.6. The van der Waals surface area contributed by atoms with Gasteiger partial charge in [0.25, 0.3) is 0 Å². The first-order valence-electron chi connectivity index (χ1n) is 9.13. The van der Waals surface area contributed by atoms with E-state index in [1.807, 2.05) is 20.8 Å². The molecule has 2 atom stereocenters. The summed E-state index contributed by atoms with van der Waals surface area (Å²) < 4.78 is 47.6. The Morgan fingerprint density at radius 1 is 1.25 bits per heavy atom. The Bertz CT molecular complexity index is 686. The van der Waals surface area contributed by atoms with Crippen LogP contribution in [-0.4, -0.2) is 39.6 Å². The molecule has 0 bridgehead atoms. The zero-order chi connectivity index (χ0) is 21.2. The number of carboxylic acid groups (broad SMARTS) is 1. The minimum absolute atomic E-state index is 0.218. The van der Waals surface area contributed by atoms with Crippen LogP contribution in [0.15, 0.2) is 24.3 Å². The van der Waals surface area contributed by atoms with E-state index in [0.29, 0.717) is 0 Å². The summed E-state index contributed by atoms with van der Waals surface area (Å²) in [4.78, 5) is 8.90. The van der Waals surface area contributed by atoms with Crippen molar-refractivity contribution in [2.24, 2.45) is 5.41 Å². The Balaban J connectivity index is 0.000000345. The van der Waals surface area contributed by atoms with Gasteiger partial charge in [-0.2, -0.15) is 13.2 Å². The van der Waals surface area contributed by atoms with Gasteiger partial charge in [-0.15, -0.1) is 4.72 Å². The number of carbonyl (C=O) groups is 1. The van der Waals surface area contributed by atoms with Gasteiger partial charge in [0.15, 0.2) is 0 Å². The van der Waals surface area contributed by atoms with Crippen molar-refractivity contribution in [3.05, 3.63) is 35.4 Å². The minimum Gasteiger partial charge on any atom is -0.598 e. The predicted molar refractivity (Wildman–Crippen MR) is 102 cm³/mol. The number of halogens is 3. The Morgan fingerprint density at radius 2 is 1.79 bits per heavy atom. The largest absolute Gasteiger partial charge is 0.598 e. The van der Waals surface area contributed by atoms with E-state index in [1.54, 1.807) is 0 Å². The van der Waals surface area contributed by atoms with Gasteiger partial charge in [0.05, 0.1) is 6.04 Å². The summed E-state index contributed by atoms with van der Waals surface area (Å²) in [6.45, 7) is 8.23. The van der Waals surface area contributed by atoms with Gasteiger partial charge in [-0.05, 0) is 64.3 Å². The van der Waals surface area contributed by atoms with Crippen LogP contribution in [0.5, 0.6) is 0 Å². The molecule has 0 saturated carbocycles. The lowest BCUT2D eigenvalue weighted by atomic mass is 9.73. The van der Waals surface area contributed by atoms with E-state index in [0.717, 1.165) is 32.4 Å². The molecule has 1 heterocycles. The van der Waals surface area contributed by atoms with Gasteiger partial charge in [-0.3, -0.25) is 0 Å². The van der Waals surface area contributed by atoms with E-state index in [2.05, 4.69) is 34.3 Å². The first kappa shape index (κ1) is 23.0. The van der Waals surface area contributed by atoms with Crippen LogP contribution in [0, 0.1) is 5.41 Å². The summed E-state index contributed by atoms with van der Waals surface area (Å²) in [5.41, 5.74) is 3.02. The molecular weight excluding hydrogens is 393 g/mol. The quantitative estimate of drug-likeness (QED) is 0.639. The molecule has 5 nitrogen and oxygen atoms in total. The number of hydrogen-bond donors (Lipinski definition) is 3. The van der Waals surface area contributed by atoms with Gasteiger partial charge in [0, 0.05) is 16.8 Å². The topological polar surface area (TPSA) is 84.4 Å². The van der Waals surface area contributed by atoms with Crippen LogP contribution >= 0.6 is 0 Å². The molecule has 3 N–H and O–H groups in total. The summed E-state index contributed by atoms with van der Waals surface area (Å²) >= 11 is -1.03. The molecule has 0 aromatic heterocycles. The SMILES string of the molecule is CC(C)(C)[S@+]([O-])N[C@@H]1c2ccccc2CC12CCNCC2.O=C(O)C(F)(F)F. The normalized spacial score (nSPS) is 22.2.